The Bertz CT molecular complexity index is 1350. The van der Waals surface area contributed by atoms with E-state index >= 15 is 0 Å². The number of benzene rings is 3. The fraction of sp³-hybridized carbons (Fsp3) is 0.0741. The van der Waals surface area contributed by atoms with Gasteiger partial charge in [0.15, 0.2) is 5.69 Å². The highest BCUT2D eigenvalue weighted by atomic mass is 32.2. The first-order valence-electron chi connectivity index (χ1n) is 10.6. The number of carbonyl (C=O) groups is 1. The number of nitrogens with zero attached hydrogens (tertiary/aromatic N) is 3. The van der Waals surface area contributed by atoms with Crippen molar-refractivity contribution in [2.24, 2.45) is 0 Å². The van der Waals surface area contributed by atoms with Crippen molar-refractivity contribution in [1.29, 1.82) is 0 Å². The van der Waals surface area contributed by atoms with Crippen molar-refractivity contribution < 1.29 is 9.36 Å². The number of para-hydroxylation sites is 2. The van der Waals surface area contributed by atoms with Crippen molar-refractivity contribution >= 4 is 40.4 Å². The van der Waals surface area contributed by atoms with Gasteiger partial charge in [-0.1, -0.05) is 72.4 Å². The molecular weight excluding hydrogens is 446 g/mol. The van der Waals surface area contributed by atoms with Crippen LogP contribution in [-0.4, -0.2) is 17.1 Å². The van der Waals surface area contributed by atoms with Crippen LogP contribution in [0.15, 0.2) is 106 Å². The molecule has 4 aromatic rings. The van der Waals surface area contributed by atoms with Crippen LogP contribution in [0.4, 0.5) is 5.69 Å². The third kappa shape index (κ3) is 4.45. The minimum absolute atomic E-state index is 0.0308. The molecule has 33 heavy (non-hydrogen) atoms. The lowest BCUT2D eigenvalue weighted by Gasteiger charge is -2.13. The Morgan fingerprint density at radius 1 is 0.970 bits per heavy atom. The monoisotopic (exact) mass is 468 g/mol. The molecule has 0 fully saturated rings. The number of fused-ring (bicyclic) bond motifs is 1. The molecule has 0 bridgehead atoms. The summed E-state index contributed by atoms with van der Waals surface area (Å²) >= 11 is 2.88. The normalized spacial score (nSPS) is 13.9. The third-order valence-electron chi connectivity index (χ3n) is 5.38. The van der Waals surface area contributed by atoms with E-state index in [2.05, 4.69) is 48.4 Å². The highest BCUT2D eigenvalue weighted by Crippen LogP contribution is 2.45. The van der Waals surface area contributed by atoms with Gasteiger partial charge in [-0.2, -0.15) is 4.57 Å². The second-order valence-corrected chi connectivity index (χ2v) is 9.65. The summed E-state index contributed by atoms with van der Waals surface area (Å²) in [6, 6.07) is 29.8. The number of hydrogen-bond acceptors (Lipinski definition) is 5. The van der Waals surface area contributed by atoms with E-state index < -0.39 is 0 Å². The summed E-state index contributed by atoms with van der Waals surface area (Å²) in [5, 5.41) is 1.72. The standard InChI is InChI=1S/C27H22N3OS2/c1-19-17-21(18-25-29(2)23-15-9-10-16-24(23)32-25)28-27(30(19)22-13-7-4-8-14-22)33-26(31)20-11-5-3-6-12-20/h3-18H,1-2H3/q+1. The zero-order valence-electron chi connectivity index (χ0n) is 18.3. The Morgan fingerprint density at radius 3 is 2.36 bits per heavy atom. The van der Waals surface area contributed by atoms with Crippen LogP contribution in [0, 0.1) is 6.92 Å². The Hall–Kier alpha value is -3.35. The highest BCUT2D eigenvalue weighted by Gasteiger charge is 2.26. The van der Waals surface area contributed by atoms with E-state index in [1.54, 1.807) is 11.8 Å². The average Bonchev–Trinajstić information content (AvgIpc) is 3.15. The lowest BCUT2D eigenvalue weighted by Crippen LogP contribution is -2.38. The van der Waals surface area contributed by atoms with Gasteiger partial charge in [0.2, 0.25) is 5.12 Å². The zero-order valence-corrected chi connectivity index (χ0v) is 19.9. The summed E-state index contributed by atoms with van der Waals surface area (Å²) in [5.41, 5.74) is 4.66. The Labute approximate surface area is 202 Å². The summed E-state index contributed by atoms with van der Waals surface area (Å²) < 4.78 is 2.04. The SMILES string of the molecule is Cc1cc(/C=C2\Sc3ccccc3N2C)nc(SC(=O)c2ccccc2)[n+]1-c1ccccc1. The van der Waals surface area contributed by atoms with Crippen LogP contribution in [-0.2, 0) is 0 Å². The van der Waals surface area contributed by atoms with Crippen molar-refractivity contribution in [1.82, 2.24) is 4.98 Å². The van der Waals surface area contributed by atoms with Crippen LogP contribution < -0.4 is 9.47 Å². The van der Waals surface area contributed by atoms with E-state index in [1.807, 2.05) is 72.2 Å². The molecule has 162 valence electrons. The number of hydrogen-bond donors (Lipinski definition) is 0. The quantitative estimate of drug-likeness (QED) is 0.204. The van der Waals surface area contributed by atoms with Gasteiger partial charge in [-0.05, 0) is 36.2 Å². The highest BCUT2D eigenvalue weighted by molar-refractivity contribution is 8.13. The van der Waals surface area contributed by atoms with Crippen molar-refractivity contribution in [3.05, 3.63) is 113 Å². The lowest BCUT2D eigenvalue weighted by atomic mass is 10.2. The van der Waals surface area contributed by atoms with Crippen molar-refractivity contribution in [2.75, 3.05) is 11.9 Å². The molecule has 0 N–H and O–H groups in total. The van der Waals surface area contributed by atoms with E-state index in [4.69, 9.17) is 4.98 Å². The third-order valence-corrected chi connectivity index (χ3v) is 7.42. The maximum Gasteiger partial charge on any atom is 0.373 e. The van der Waals surface area contributed by atoms with Gasteiger partial charge in [0.25, 0.3) is 0 Å². The molecule has 1 aliphatic rings. The second kappa shape index (κ2) is 9.25. The minimum atomic E-state index is -0.0308. The molecule has 5 rings (SSSR count). The van der Waals surface area contributed by atoms with E-state index in [9.17, 15) is 4.79 Å². The number of carbonyl (C=O) groups excluding carboxylic acids is 1. The molecule has 0 spiro atoms. The Morgan fingerprint density at radius 2 is 1.64 bits per heavy atom. The van der Waals surface area contributed by atoms with Crippen molar-refractivity contribution in [3.63, 3.8) is 0 Å². The Balaban J connectivity index is 1.56. The van der Waals surface area contributed by atoms with Gasteiger partial charge in [-0.15, -0.1) is 0 Å². The molecule has 0 unspecified atom stereocenters. The lowest BCUT2D eigenvalue weighted by molar-refractivity contribution is -0.647. The number of rotatable bonds is 4. The van der Waals surface area contributed by atoms with Gasteiger partial charge in [0, 0.05) is 41.4 Å². The first kappa shape index (κ1) is 21.5. The van der Waals surface area contributed by atoms with Crippen LogP contribution in [0.2, 0.25) is 0 Å². The fourth-order valence-electron chi connectivity index (χ4n) is 3.74. The van der Waals surface area contributed by atoms with E-state index in [1.165, 1.54) is 10.6 Å². The molecule has 3 aromatic carbocycles. The molecular formula is C27H22N3OS2+. The van der Waals surface area contributed by atoms with E-state index in [0.717, 1.165) is 33.9 Å². The minimum Gasteiger partial charge on any atom is -0.338 e. The van der Waals surface area contributed by atoms with Crippen LogP contribution in [0.1, 0.15) is 21.7 Å². The molecule has 0 amide bonds. The largest absolute Gasteiger partial charge is 0.373 e. The number of anilines is 1. The number of aromatic nitrogens is 2. The van der Waals surface area contributed by atoms with Crippen LogP contribution in [0.5, 0.6) is 0 Å². The first-order valence-corrected chi connectivity index (χ1v) is 12.2. The molecule has 0 saturated heterocycles. The number of thioether (sulfide) groups is 2. The fourth-order valence-corrected chi connectivity index (χ4v) is 5.75. The maximum absolute atomic E-state index is 13.0. The molecule has 4 nitrogen and oxygen atoms in total. The molecule has 0 aliphatic carbocycles. The van der Waals surface area contributed by atoms with Gasteiger partial charge in [0.1, 0.15) is 11.4 Å². The van der Waals surface area contributed by atoms with Crippen molar-refractivity contribution in [2.45, 2.75) is 17.0 Å². The van der Waals surface area contributed by atoms with Crippen LogP contribution in [0.25, 0.3) is 11.8 Å². The van der Waals surface area contributed by atoms with Gasteiger partial charge < -0.3 is 4.90 Å². The van der Waals surface area contributed by atoms with Gasteiger partial charge in [-0.25, -0.2) is 0 Å². The van der Waals surface area contributed by atoms with Gasteiger partial charge >= 0.3 is 5.16 Å². The summed E-state index contributed by atoms with van der Waals surface area (Å²) in [6.45, 7) is 2.05. The molecule has 0 atom stereocenters. The zero-order chi connectivity index (χ0) is 22.8. The molecule has 1 aliphatic heterocycles. The van der Waals surface area contributed by atoms with Gasteiger partial charge in [0.05, 0.1) is 10.7 Å². The predicted octanol–water partition coefficient (Wildman–Crippen LogP) is 6.14. The second-order valence-electron chi connectivity index (χ2n) is 7.64. The average molecular weight is 469 g/mol. The topological polar surface area (TPSA) is 37.1 Å². The molecule has 1 aromatic heterocycles. The van der Waals surface area contributed by atoms with Gasteiger partial charge in [-0.3, -0.25) is 4.79 Å². The molecule has 0 saturated carbocycles. The van der Waals surface area contributed by atoms with E-state index in [-0.39, 0.29) is 5.12 Å². The molecule has 0 radical (unpaired) electrons. The van der Waals surface area contributed by atoms with Crippen molar-refractivity contribution in [3.8, 4) is 5.69 Å². The summed E-state index contributed by atoms with van der Waals surface area (Å²) in [5.74, 6) is 0. The van der Waals surface area contributed by atoms with E-state index in [0.29, 0.717) is 10.7 Å². The summed E-state index contributed by atoms with van der Waals surface area (Å²) in [4.78, 5) is 21.4. The maximum atomic E-state index is 13.0. The van der Waals surface area contributed by atoms with Crippen LogP contribution in [0.3, 0.4) is 0 Å². The Kier molecular flexibility index (Phi) is 6.03. The summed E-state index contributed by atoms with van der Waals surface area (Å²) in [6.07, 6.45) is 2.09. The molecule has 6 heteroatoms. The number of aryl methyl sites for hydroxylation is 1. The first-order chi connectivity index (χ1) is 16.1. The summed E-state index contributed by atoms with van der Waals surface area (Å²) in [7, 11) is 2.07. The smallest absolute Gasteiger partial charge is 0.338 e. The predicted molar refractivity (Wildman–Crippen MR) is 136 cm³/mol. The molecule has 2 heterocycles. The van der Waals surface area contributed by atoms with Crippen LogP contribution >= 0.6 is 23.5 Å².